The predicted molar refractivity (Wildman–Crippen MR) is 82.4 cm³/mol. The van der Waals surface area contributed by atoms with Crippen molar-refractivity contribution in [3.63, 3.8) is 0 Å². The summed E-state index contributed by atoms with van der Waals surface area (Å²) in [7, 11) is 0. The fourth-order valence-electron chi connectivity index (χ4n) is 3.68. The minimum absolute atomic E-state index is 0.0451. The van der Waals surface area contributed by atoms with E-state index in [1.807, 2.05) is 0 Å². The summed E-state index contributed by atoms with van der Waals surface area (Å²) < 4.78 is 0. The molecule has 1 saturated carbocycles. The van der Waals surface area contributed by atoms with Crippen molar-refractivity contribution in [3.8, 4) is 11.5 Å². The van der Waals surface area contributed by atoms with Crippen LogP contribution in [0.5, 0.6) is 11.5 Å². The summed E-state index contributed by atoms with van der Waals surface area (Å²) in [6, 6.07) is 1.45. The van der Waals surface area contributed by atoms with Crippen molar-refractivity contribution in [2.75, 3.05) is 0 Å². The number of benzene rings is 1. The Morgan fingerprint density at radius 1 is 1.18 bits per heavy atom. The number of hydrogen-bond acceptors (Lipinski definition) is 4. The lowest BCUT2D eigenvalue weighted by Crippen LogP contribution is -2.17. The number of Topliss-reactive ketones (excluding diaryl/α,β-unsaturated/α-hetero) is 1. The Balaban J connectivity index is 2.06. The topological polar surface area (TPSA) is 74.6 Å². The second-order valence-electron chi connectivity index (χ2n) is 6.55. The quantitative estimate of drug-likeness (QED) is 0.821. The molecule has 0 aliphatic heterocycles. The van der Waals surface area contributed by atoms with Crippen molar-refractivity contribution < 1.29 is 19.8 Å². The summed E-state index contributed by atoms with van der Waals surface area (Å²) in [4.78, 5) is 24.3. The summed E-state index contributed by atoms with van der Waals surface area (Å²) >= 11 is 0. The zero-order valence-corrected chi connectivity index (χ0v) is 12.8. The third kappa shape index (κ3) is 2.23. The zero-order chi connectivity index (χ0) is 16.0. The molecule has 3 rings (SSSR count). The molecule has 0 aromatic heterocycles. The summed E-state index contributed by atoms with van der Waals surface area (Å²) in [6.07, 6.45) is 5.28. The van der Waals surface area contributed by atoms with Gasteiger partial charge in [0.15, 0.2) is 11.6 Å². The molecule has 0 heterocycles. The fraction of sp³-hybridized carbons (Fsp3) is 0.444. The van der Waals surface area contributed by atoms with E-state index in [1.54, 1.807) is 0 Å². The molecule has 22 heavy (non-hydrogen) atoms. The van der Waals surface area contributed by atoms with E-state index in [9.17, 15) is 19.8 Å². The lowest BCUT2D eigenvalue weighted by molar-refractivity contribution is 0.0979. The SMILES string of the molecule is CC1=CC(=O)c2c(O)c(CC3CCCC3C)cc(O)c2C1=O. The number of carbonyl (C=O) groups is 2. The van der Waals surface area contributed by atoms with Gasteiger partial charge in [0.05, 0.1) is 11.1 Å². The molecule has 1 fully saturated rings. The largest absolute Gasteiger partial charge is 0.507 e. The first kappa shape index (κ1) is 14.8. The average molecular weight is 300 g/mol. The van der Waals surface area contributed by atoms with Gasteiger partial charge < -0.3 is 10.2 Å². The van der Waals surface area contributed by atoms with E-state index in [0.29, 0.717) is 23.8 Å². The molecule has 1 aromatic carbocycles. The number of rotatable bonds is 2. The van der Waals surface area contributed by atoms with E-state index in [1.165, 1.54) is 31.9 Å². The molecule has 2 N–H and O–H groups in total. The Kier molecular flexibility index (Phi) is 3.55. The summed E-state index contributed by atoms with van der Waals surface area (Å²) in [5.74, 6) is -0.162. The smallest absolute Gasteiger partial charge is 0.193 e. The standard InChI is InChI=1S/C18H20O4/c1-9-4-3-5-11(9)7-12-8-14(20)15-16(18(12)22)13(19)6-10(2)17(15)21/h6,8-9,11,20,22H,3-5,7H2,1-2H3. The van der Waals surface area contributed by atoms with Gasteiger partial charge in [0, 0.05) is 5.57 Å². The van der Waals surface area contributed by atoms with Gasteiger partial charge >= 0.3 is 0 Å². The molecule has 2 unspecified atom stereocenters. The number of ketones is 2. The first-order valence-corrected chi connectivity index (χ1v) is 7.75. The second kappa shape index (κ2) is 5.27. The van der Waals surface area contributed by atoms with Crippen molar-refractivity contribution >= 4 is 11.6 Å². The molecule has 0 amide bonds. The van der Waals surface area contributed by atoms with E-state index in [2.05, 4.69) is 6.92 Å². The molecule has 1 aromatic rings. The van der Waals surface area contributed by atoms with Crippen molar-refractivity contribution in [2.24, 2.45) is 11.8 Å². The third-order valence-corrected chi connectivity index (χ3v) is 5.06. The monoisotopic (exact) mass is 300 g/mol. The normalized spacial score (nSPS) is 24.4. The molecule has 116 valence electrons. The highest BCUT2D eigenvalue weighted by atomic mass is 16.3. The van der Waals surface area contributed by atoms with Crippen LogP contribution in [0.4, 0.5) is 0 Å². The molecular weight excluding hydrogens is 280 g/mol. The van der Waals surface area contributed by atoms with Gasteiger partial charge in [0.25, 0.3) is 0 Å². The Labute approximate surface area is 129 Å². The number of aromatic hydroxyl groups is 2. The van der Waals surface area contributed by atoms with E-state index < -0.39 is 11.6 Å². The first-order valence-electron chi connectivity index (χ1n) is 7.75. The van der Waals surface area contributed by atoms with E-state index in [4.69, 9.17) is 0 Å². The van der Waals surface area contributed by atoms with E-state index in [0.717, 1.165) is 6.42 Å². The highest BCUT2D eigenvalue weighted by Gasteiger charge is 2.32. The maximum Gasteiger partial charge on any atom is 0.193 e. The highest BCUT2D eigenvalue weighted by Crippen LogP contribution is 2.41. The fourth-order valence-corrected chi connectivity index (χ4v) is 3.68. The molecule has 2 aliphatic rings. The van der Waals surface area contributed by atoms with Gasteiger partial charge in [-0.2, -0.15) is 0 Å². The minimum atomic E-state index is -0.416. The van der Waals surface area contributed by atoms with Crippen LogP contribution in [0, 0.1) is 11.8 Å². The van der Waals surface area contributed by atoms with Crippen LogP contribution >= 0.6 is 0 Å². The number of hydrogen-bond donors (Lipinski definition) is 2. The maximum absolute atomic E-state index is 12.2. The Morgan fingerprint density at radius 3 is 2.55 bits per heavy atom. The molecular formula is C18H20O4. The van der Waals surface area contributed by atoms with Crippen LogP contribution in [0.3, 0.4) is 0 Å². The van der Waals surface area contributed by atoms with Gasteiger partial charge in [-0.05, 0) is 49.3 Å². The van der Waals surface area contributed by atoms with E-state index in [-0.39, 0.29) is 28.2 Å². The number of fused-ring (bicyclic) bond motifs is 1. The molecule has 0 spiro atoms. The molecule has 2 atom stereocenters. The third-order valence-electron chi connectivity index (χ3n) is 5.06. The molecule has 2 aliphatic carbocycles. The van der Waals surface area contributed by atoms with Crippen LogP contribution in [0.2, 0.25) is 0 Å². The maximum atomic E-state index is 12.2. The van der Waals surface area contributed by atoms with Gasteiger partial charge in [-0.15, -0.1) is 0 Å². The number of allylic oxidation sites excluding steroid dienone is 2. The summed E-state index contributed by atoms with van der Waals surface area (Å²) in [6.45, 7) is 3.72. The number of phenols is 2. The van der Waals surface area contributed by atoms with Crippen molar-refractivity contribution in [3.05, 3.63) is 34.4 Å². The Hall–Kier alpha value is -2.10. The Morgan fingerprint density at radius 2 is 1.91 bits per heavy atom. The number of carbonyl (C=O) groups excluding carboxylic acids is 2. The van der Waals surface area contributed by atoms with Crippen molar-refractivity contribution in [1.29, 1.82) is 0 Å². The summed E-state index contributed by atoms with van der Waals surface area (Å²) in [5, 5.41) is 20.7. The lowest BCUT2D eigenvalue weighted by atomic mass is 9.84. The zero-order valence-electron chi connectivity index (χ0n) is 12.8. The van der Waals surface area contributed by atoms with Gasteiger partial charge in [-0.25, -0.2) is 0 Å². The summed E-state index contributed by atoms with van der Waals surface area (Å²) in [5.41, 5.74) is 0.732. The molecule has 4 nitrogen and oxygen atoms in total. The van der Waals surface area contributed by atoms with Crippen LogP contribution in [-0.4, -0.2) is 21.8 Å². The predicted octanol–water partition coefficient (Wildman–Crippen LogP) is 3.40. The number of phenolic OH excluding ortho intramolecular Hbond substituents is 2. The average Bonchev–Trinajstić information content (AvgIpc) is 2.85. The molecule has 0 radical (unpaired) electrons. The van der Waals surface area contributed by atoms with Crippen LogP contribution < -0.4 is 0 Å². The Bertz CT molecular complexity index is 700. The van der Waals surface area contributed by atoms with Gasteiger partial charge in [0.1, 0.15) is 11.5 Å². The van der Waals surface area contributed by atoms with Gasteiger partial charge in [-0.1, -0.05) is 19.8 Å². The molecule has 4 heteroatoms. The van der Waals surface area contributed by atoms with Crippen LogP contribution in [0.25, 0.3) is 0 Å². The van der Waals surface area contributed by atoms with Crippen LogP contribution in [0.15, 0.2) is 17.7 Å². The minimum Gasteiger partial charge on any atom is -0.507 e. The van der Waals surface area contributed by atoms with Crippen LogP contribution in [0.1, 0.15) is 59.4 Å². The van der Waals surface area contributed by atoms with E-state index >= 15 is 0 Å². The highest BCUT2D eigenvalue weighted by molar-refractivity contribution is 6.26. The first-order chi connectivity index (χ1) is 10.4. The van der Waals surface area contributed by atoms with Gasteiger partial charge in [0.2, 0.25) is 0 Å². The second-order valence-corrected chi connectivity index (χ2v) is 6.55. The van der Waals surface area contributed by atoms with Crippen LogP contribution in [-0.2, 0) is 6.42 Å². The lowest BCUT2D eigenvalue weighted by Gasteiger charge is -2.21. The van der Waals surface area contributed by atoms with Gasteiger partial charge in [-0.3, -0.25) is 9.59 Å². The molecule has 0 bridgehead atoms. The molecule has 0 saturated heterocycles. The van der Waals surface area contributed by atoms with Crippen molar-refractivity contribution in [2.45, 2.75) is 39.5 Å². The van der Waals surface area contributed by atoms with Crippen molar-refractivity contribution in [1.82, 2.24) is 0 Å².